The van der Waals surface area contributed by atoms with Gasteiger partial charge in [0.1, 0.15) is 16.9 Å². The Morgan fingerprint density at radius 1 is 1.14 bits per heavy atom. The first kappa shape index (κ1) is 18.0. The Morgan fingerprint density at radius 3 is 2.71 bits per heavy atom. The third kappa shape index (κ3) is 1.92. The van der Waals surface area contributed by atoms with Crippen LogP contribution in [0.4, 0.5) is 0 Å². The second kappa shape index (κ2) is 6.20. The molecule has 2 aliphatic heterocycles. The van der Waals surface area contributed by atoms with Gasteiger partial charge in [0.15, 0.2) is 0 Å². The lowest BCUT2D eigenvalue weighted by atomic mass is 9.33. The lowest BCUT2D eigenvalue weighted by Gasteiger charge is -2.65. The van der Waals surface area contributed by atoms with Crippen molar-refractivity contribution in [1.29, 1.82) is 0 Å². The zero-order valence-corrected chi connectivity index (χ0v) is 16.8. The van der Waals surface area contributed by atoms with Gasteiger partial charge in [-0.3, -0.25) is 4.79 Å². The van der Waals surface area contributed by atoms with Crippen molar-refractivity contribution in [3.05, 3.63) is 47.0 Å². The average molecular weight is 380 g/mol. The molecule has 5 rings (SSSR count). The van der Waals surface area contributed by atoms with Crippen molar-refractivity contribution in [2.24, 2.45) is 22.7 Å². The fourth-order valence-electron chi connectivity index (χ4n) is 6.60. The monoisotopic (exact) mass is 380 g/mol. The van der Waals surface area contributed by atoms with Gasteiger partial charge in [0.05, 0.1) is 5.41 Å². The molecule has 1 saturated carbocycles. The third-order valence-electron chi connectivity index (χ3n) is 7.62. The van der Waals surface area contributed by atoms with E-state index in [0.717, 1.165) is 74.0 Å². The maximum atomic E-state index is 13.1. The molecule has 3 aliphatic carbocycles. The molecule has 0 aromatic heterocycles. The molecule has 2 fully saturated rings. The van der Waals surface area contributed by atoms with E-state index in [1.54, 1.807) is 0 Å². The summed E-state index contributed by atoms with van der Waals surface area (Å²) in [6.07, 6.45) is 15.8. The molecular weight excluding hydrogens is 352 g/mol. The van der Waals surface area contributed by atoms with E-state index < -0.39 is 5.41 Å². The van der Waals surface area contributed by atoms with Gasteiger partial charge in [0.2, 0.25) is 0 Å². The van der Waals surface area contributed by atoms with Gasteiger partial charge in [0.25, 0.3) is 0 Å². The van der Waals surface area contributed by atoms with Crippen LogP contribution in [0.2, 0.25) is 0 Å². The molecule has 28 heavy (non-hydrogen) atoms. The number of carbonyl (C=O) groups excluding carboxylic acids is 2. The summed E-state index contributed by atoms with van der Waals surface area (Å²) >= 11 is 0. The van der Waals surface area contributed by atoms with E-state index in [2.05, 4.69) is 38.2 Å². The van der Waals surface area contributed by atoms with Crippen LogP contribution in [0.1, 0.15) is 65.2 Å². The number of hydrogen-bond acceptors (Lipinski definition) is 4. The lowest BCUT2D eigenvalue weighted by molar-refractivity contribution is -0.171. The Labute approximate surface area is 166 Å². The molecular formula is C24H28O4. The van der Waals surface area contributed by atoms with Gasteiger partial charge in [0, 0.05) is 17.1 Å². The van der Waals surface area contributed by atoms with Crippen LogP contribution in [0.15, 0.2) is 47.0 Å². The summed E-state index contributed by atoms with van der Waals surface area (Å²) in [5, 5.41) is 0. The first-order chi connectivity index (χ1) is 13.6. The number of carbonyl (C=O) groups is 2. The van der Waals surface area contributed by atoms with Crippen molar-refractivity contribution in [2.45, 2.75) is 65.2 Å². The summed E-state index contributed by atoms with van der Waals surface area (Å²) in [6.45, 7) is 4.25. The van der Waals surface area contributed by atoms with Crippen molar-refractivity contribution >= 4 is 11.9 Å². The van der Waals surface area contributed by atoms with Crippen molar-refractivity contribution in [3.8, 4) is 0 Å². The predicted octanol–water partition coefficient (Wildman–Crippen LogP) is 5.13. The zero-order chi connectivity index (χ0) is 19.5. The maximum Gasteiger partial charge on any atom is 0.340 e. The molecule has 0 unspecified atom stereocenters. The SMILES string of the molecule is CCC/C=C1\OC(=O)C2=C1CC[C@H]1[C@@H]2[C@@]23CCC=C[C@@]12C(=O)O/C3=C/CCC. The third-order valence-corrected chi connectivity index (χ3v) is 7.62. The van der Waals surface area contributed by atoms with Crippen LogP contribution in [0, 0.1) is 22.7 Å². The number of allylic oxidation sites excluding steroid dienone is 5. The number of rotatable bonds is 4. The van der Waals surface area contributed by atoms with Crippen molar-refractivity contribution in [1.82, 2.24) is 0 Å². The number of hydrogen-bond donors (Lipinski definition) is 0. The number of cyclic esters (lactones) is 2. The first-order valence-electron chi connectivity index (χ1n) is 10.9. The normalized spacial score (nSPS) is 40.6. The van der Waals surface area contributed by atoms with Crippen LogP contribution in [-0.2, 0) is 19.1 Å². The predicted molar refractivity (Wildman–Crippen MR) is 105 cm³/mol. The molecule has 0 aromatic rings. The second-order valence-corrected chi connectivity index (χ2v) is 8.79. The van der Waals surface area contributed by atoms with Crippen LogP contribution in [0.25, 0.3) is 0 Å². The van der Waals surface area contributed by atoms with Gasteiger partial charge in [-0.2, -0.15) is 0 Å². The molecule has 5 aliphatic rings. The van der Waals surface area contributed by atoms with E-state index in [9.17, 15) is 9.59 Å². The Balaban J connectivity index is 1.66. The van der Waals surface area contributed by atoms with Gasteiger partial charge >= 0.3 is 11.9 Å². The van der Waals surface area contributed by atoms with Crippen LogP contribution < -0.4 is 0 Å². The minimum absolute atomic E-state index is 0.0378. The molecule has 0 bridgehead atoms. The van der Waals surface area contributed by atoms with E-state index >= 15 is 0 Å². The summed E-state index contributed by atoms with van der Waals surface area (Å²) < 4.78 is 11.6. The fraction of sp³-hybridized carbons (Fsp3) is 0.583. The molecule has 4 heteroatoms. The van der Waals surface area contributed by atoms with Gasteiger partial charge in [-0.1, -0.05) is 38.8 Å². The molecule has 0 amide bonds. The smallest absolute Gasteiger partial charge is 0.340 e. The molecule has 4 atom stereocenters. The van der Waals surface area contributed by atoms with Gasteiger partial charge < -0.3 is 9.47 Å². The Hall–Kier alpha value is -2.10. The van der Waals surface area contributed by atoms with E-state index in [-0.39, 0.29) is 29.2 Å². The number of esters is 2. The van der Waals surface area contributed by atoms with Crippen molar-refractivity contribution in [2.75, 3.05) is 0 Å². The van der Waals surface area contributed by atoms with Crippen molar-refractivity contribution < 1.29 is 19.1 Å². The summed E-state index contributed by atoms with van der Waals surface area (Å²) in [7, 11) is 0. The van der Waals surface area contributed by atoms with Gasteiger partial charge in [-0.25, -0.2) is 4.79 Å². The molecule has 1 saturated heterocycles. The maximum absolute atomic E-state index is 13.1. The van der Waals surface area contributed by atoms with E-state index in [1.807, 2.05) is 0 Å². The first-order valence-corrected chi connectivity index (χ1v) is 10.9. The topological polar surface area (TPSA) is 52.6 Å². The fourth-order valence-corrected chi connectivity index (χ4v) is 6.60. The van der Waals surface area contributed by atoms with Crippen LogP contribution >= 0.6 is 0 Å². The molecule has 0 radical (unpaired) electrons. The molecule has 4 nitrogen and oxygen atoms in total. The summed E-state index contributed by atoms with van der Waals surface area (Å²) in [5.41, 5.74) is 0.958. The minimum Gasteiger partial charge on any atom is -0.430 e. The van der Waals surface area contributed by atoms with Gasteiger partial charge in [-0.15, -0.1) is 0 Å². The highest BCUT2D eigenvalue weighted by molar-refractivity contribution is 5.98. The standard InChI is InChI=1S/C24H28O4/c1-3-5-9-17-15-11-12-16-20(19(15)21(25)27-17)24-14-8-7-13-23(16,24)22(26)28-18(24)10-6-4-2/h7,9-10,13,16,20H,3-6,8,11-12,14H2,1-2H3/b17-9-,18-10+/t16-,20-,23-,24-/m0/s1. The summed E-state index contributed by atoms with van der Waals surface area (Å²) in [4.78, 5) is 26.1. The molecule has 0 N–H and O–H groups in total. The molecule has 2 heterocycles. The van der Waals surface area contributed by atoms with Gasteiger partial charge in [-0.05, 0) is 56.6 Å². The quantitative estimate of drug-likeness (QED) is 0.501. The average Bonchev–Trinajstić information content (AvgIpc) is 3.13. The molecule has 0 aromatic carbocycles. The molecule has 148 valence electrons. The molecule has 0 spiro atoms. The zero-order valence-electron chi connectivity index (χ0n) is 16.8. The summed E-state index contributed by atoms with van der Waals surface area (Å²) in [6, 6.07) is 0. The van der Waals surface area contributed by atoms with Crippen molar-refractivity contribution in [3.63, 3.8) is 0 Å². The number of ether oxygens (including phenoxy) is 2. The highest BCUT2D eigenvalue weighted by Crippen LogP contribution is 2.80. The van der Waals surface area contributed by atoms with E-state index in [1.165, 1.54) is 0 Å². The van der Waals surface area contributed by atoms with Crippen LogP contribution in [-0.4, -0.2) is 11.9 Å². The Kier molecular flexibility index (Phi) is 3.98. The number of fused-ring (bicyclic) bond motifs is 2. The highest BCUT2D eigenvalue weighted by Gasteiger charge is 2.82. The highest BCUT2D eigenvalue weighted by atomic mass is 16.6. The van der Waals surface area contributed by atoms with E-state index in [4.69, 9.17) is 9.47 Å². The van der Waals surface area contributed by atoms with Crippen LogP contribution in [0.3, 0.4) is 0 Å². The van der Waals surface area contributed by atoms with Crippen LogP contribution in [0.5, 0.6) is 0 Å². The summed E-state index contributed by atoms with van der Waals surface area (Å²) in [5.74, 6) is 1.46. The Morgan fingerprint density at radius 2 is 1.93 bits per heavy atom. The number of unbranched alkanes of at least 4 members (excludes halogenated alkanes) is 2. The largest absolute Gasteiger partial charge is 0.430 e. The minimum atomic E-state index is -0.579. The Bertz CT molecular complexity index is 873. The lowest BCUT2D eigenvalue weighted by Crippen LogP contribution is -2.67. The second-order valence-electron chi connectivity index (χ2n) is 8.79. The van der Waals surface area contributed by atoms with E-state index in [0.29, 0.717) is 0 Å².